The number of aliphatic hydroxyl groups is 1. The first-order valence-electron chi connectivity index (χ1n) is 5.81. The molecule has 2 rings (SSSR count). The molecular formula is C13H14F2N2O2. The number of nitrogens with zero attached hydrogens (tertiary/aromatic N) is 2. The maximum absolute atomic E-state index is 13.7. The lowest BCUT2D eigenvalue weighted by Gasteiger charge is -2.15. The predicted molar refractivity (Wildman–Crippen MR) is 64.9 cm³/mol. The van der Waals surface area contributed by atoms with Crippen molar-refractivity contribution in [3.05, 3.63) is 47.3 Å². The molecule has 4 nitrogen and oxygen atoms in total. The largest absolute Gasteiger partial charge is 0.493 e. The van der Waals surface area contributed by atoms with Crippen LogP contribution in [-0.2, 0) is 6.54 Å². The fourth-order valence-electron chi connectivity index (χ4n) is 1.97. The number of aromatic nitrogens is 2. The van der Waals surface area contributed by atoms with Gasteiger partial charge in [-0.15, -0.1) is 0 Å². The molecule has 0 spiro atoms. The van der Waals surface area contributed by atoms with Gasteiger partial charge in [0.25, 0.3) is 0 Å². The Labute approximate surface area is 109 Å². The summed E-state index contributed by atoms with van der Waals surface area (Å²) in [5, 5.41) is 14.2. The Morgan fingerprint density at radius 2 is 2.00 bits per heavy atom. The van der Waals surface area contributed by atoms with Crippen LogP contribution in [0, 0.1) is 11.6 Å². The number of aryl methyl sites for hydroxylation is 1. The van der Waals surface area contributed by atoms with Gasteiger partial charge in [-0.1, -0.05) is 6.07 Å². The fourth-order valence-corrected chi connectivity index (χ4v) is 1.97. The van der Waals surface area contributed by atoms with Crippen LogP contribution in [0.3, 0.4) is 0 Å². The summed E-state index contributed by atoms with van der Waals surface area (Å²) in [6, 6.07) is 3.44. The third-order valence-electron chi connectivity index (χ3n) is 2.90. The van der Waals surface area contributed by atoms with Crippen molar-refractivity contribution in [1.82, 2.24) is 9.78 Å². The standard InChI is InChI=1S/C13H14F2N2O2/c1-3-17-12(10(19-2)7-16-17)13(18)11-8(14)5-4-6-9(11)15/h4-7,13,18H,3H2,1-2H3. The van der Waals surface area contributed by atoms with Crippen molar-refractivity contribution in [1.29, 1.82) is 0 Å². The lowest BCUT2D eigenvalue weighted by atomic mass is 10.0. The van der Waals surface area contributed by atoms with E-state index in [1.807, 2.05) is 0 Å². The lowest BCUT2D eigenvalue weighted by Crippen LogP contribution is -2.13. The van der Waals surface area contributed by atoms with Crippen LogP contribution in [0.5, 0.6) is 5.75 Å². The van der Waals surface area contributed by atoms with Crippen molar-refractivity contribution in [3.63, 3.8) is 0 Å². The van der Waals surface area contributed by atoms with Crippen molar-refractivity contribution >= 4 is 0 Å². The van der Waals surface area contributed by atoms with Crippen LogP contribution in [-0.4, -0.2) is 22.0 Å². The zero-order valence-electron chi connectivity index (χ0n) is 10.6. The minimum Gasteiger partial charge on any atom is -0.493 e. The maximum Gasteiger partial charge on any atom is 0.163 e. The number of benzene rings is 1. The lowest BCUT2D eigenvalue weighted by molar-refractivity contribution is 0.192. The minimum absolute atomic E-state index is 0.231. The Kier molecular flexibility index (Phi) is 3.80. The second-order valence-corrected chi connectivity index (χ2v) is 3.95. The summed E-state index contributed by atoms with van der Waals surface area (Å²) in [4.78, 5) is 0. The highest BCUT2D eigenvalue weighted by molar-refractivity contribution is 5.36. The summed E-state index contributed by atoms with van der Waals surface area (Å²) in [5.74, 6) is -1.33. The second kappa shape index (κ2) is 5.36. The van der Waals surface area contributed by atoms with Crippen LogP contribution in [0.25, 0.3) is 0 Å². The van der Waals surface area contributed by atoms with E-state index in [0.29, 0.717) is 6.54 Å². The van der Waals surface area contributed by atoms with E-state index in [-0.39, 0.29) is 11.4 Å². The van der Waals surface area contributed by atoms with Crippen LogP contribution in [0.4, 0.5) is 8.78 Å². The van der Waals surface area contributed by atoms with Crippen molar-refractivity contribution < 1.29 is 18.6 Å². The summed E-state index contributed by atoms with van der Waals surface area (Å²) in [6.45, 7) is 2.26. The fraction of sp³-hybridized carbons (Fsp3) is 0.308. The molecule has 0 aliphatic rings. The molecule has 1 N–H and O–H groups in total. The Hall–Kier alpha value is -1.95. The van der Waals surface area contributed by atoms with E-state index in [0.717, 1.165) is 12.1 Å². The Morgan fingerprint density at radius 1 is 1.37 bits per heavy atom. The number of halogens is 2. The van der Waals surface area contributed by atoms with E-state index in [2.05, 4.69) is 5.10 Å². The van der Waals surface area contributed by atoms with E-state index in [4.69, 9.17) is 4.74 Å². The Balaban J connectivity index is 2.55. The van der Waals surface area contributed by atoms with Gasteiger partial charge in [0, 0.05) is 6.54 Å². The maximum atomic E-state index is 13.7. The first-order chi connectivity index (χ1) is 9.10. The smallest absolute Gasteiger partial charge is 0.163 e. The van der Waals surface area contributed by atoms with Gasteiger partial charge in [0.05, 0.1) is 18.9 Å². The van der Waals surface area contributed by atoms with E-state index in [1.54, 1.807) is 6.92 Å². The molecular weight excluding hydrogens is 254 g/mol. The quantitative estimate of drug-likeness (QED) is 0.925. The molecule has 0 amide bonds. The molecule has 0 aliphatic carbocycles. The van der Waals surface area contributed by atoms with Crippen LogP contribution < -0.4 is 4.74 Å². The van der Waals surface area contributed by atoms with Gasteiger partial charge >= 0.3 is 0 Å². The molecule has 0 radical (unpaired) electrons. The van der Waals surface area contributed by atoms with Crippen molar-refractivity contribution in [2.24, 2.45) is 0 Å². The van der Waals surface area contributed by atoms with E-state index < -0.39 is 23.3 Å². The number of rotatable bonds is 4. The van der Waals surface area contributed by atoms with Gasteiger partial charge in [-0.25, -0.2) is 8.78 Å². The summed E-state index contributed by atoms with van der Waals surface area (Å²) in [6.07, 6.45) is -0.0699. The number of ether oxygens (including phenoxy) is 1. The van der Waals surface area contributed by atoms with Gasteiger partial charge in [-0.2, -0.15) is 5.10 Å². The average molecular weight is 268 g/mol. The monoisotopic (exact) mass is 268 g/mol. The second-order valence-electron chi connectivity index (χ2n) is 3.95. The van der Waals surface area contributed by atoms with E-state index >= 15 is 0 Å². The summed E-state index contributed by atoms with van der Waals surface area (Å²) < 4.78 is 33.9. The molecule has 6 heteroatoms. The van der Waals surface area contributed by atoms with E-state index in [1.165, 1.54) is 24.1 Å². The normalized spacial score (nSPS) is 12.5. The summed E-state index contributed by atoms with van der Waals surface area (Å²) >= 11 is 0. The molecule has 0 saturated heterocycles. The molecule has 0 bridgehead atoms. The third kappa shape index (κ3) is 2.31. The molecule has 1 unspecified atom stereocenters. The molecule has 102 valence electrons. The highest BCUT2D eigenvalue weighted by atomic mass is 19.1. The molecule has 1 heterocycles. The number of methoxy groups -OCH3 is 1. The highest BCUT2D eigenvalue weighted by Gasteiger charge is 2.26. The van der Waals surface area contributed by atoms with Crippen LogP contribution in [0.15, 0.2) is 24.4 Å². The number of hydrogen-bond acceptors (Lipinski definition) is 3. The molecule has 2 aromatic rings. The van der Waals surface area contributed by atoms with Gasteiger partial charge < -0.3 is 9.84 Å². The molecule has 0 aliphatic heterocycles. The summed E-state index contributed by atoms with van der Waals surface area (Å²) in [7, 11) is 1.41. The predicted octanol–water partition coefficient (Wildman–Crippen LogP) is 2.27. The molecule has 1 aromatic carbocycles. The van der Waals surface area contributed by atoms with Gasteiger partial charge in [0.2, 0.25) is 0 Å². The zero-order chi connectivity index (χ0) is 14.0. The van der Waals surface area contributed by atoms with Crippen LogP contribution in [0.1, 0.15) is 24.3 Å². The molecule has 0 fully saturated rings. The molecule has 0 saturated carbocycles. The zero-order valence-corrected chi connectivity index (χ0v) is 10.6. The van der Waals surface area contributed by atoms with Crippen molar-refractivity contribution in [3.8, 4) is 5.75 Å². The molecule has 1 atom stereocenters. The molecule has 19 heavy (non-hydrogen) atoms. The van der Waals surface area contributed by atoms with Crippen molar-refractivity contribution in [2.45, 2.75) is 19.6 Å². The van der Waals surface area contributed by atoms with Crippen LogP contribution >= 0.6 is 0 Å². The molecule has 1 aromatic heterocycles. The highest BCUT2D eigenvalue weighted by Crippen LogP contribution is 2.32. The summed E-state index contributed by atoms with van der Waals surface area (Å²) in [5.41, 5.74) is -0.176. The van der Waals surface area contributed by atoms with Gasteiger partial charge in [0.1, 0.15) is 23.4 Å². The van der Waals surface area contributed by atoms with Gasteiger partial charge in [0.15, 0.2) is 5.75 Å². The first kappa shape index (κ1) is 13.5. The number of hydrogen-bond donors (Lipinski definition) is 1. The topological polar surface area (TPSA) is 47.3 Å². The first-order valence-corrected chi connectivity index (χ1v) is 5.81. The third-order valence-corrected chi connectivity index (χ3v) is 2.90. The van der Waals surface area contributed by atoms with Crippen molar-refractivity contribution in [2.75, 3.05) is 7.11 Å². The SMILES string of the molecule is CCn1ncc(OC)c1C(O)c1c(F)cccc1F. The average Bonchev–Trinajstić information content (AvgIpc) is 2.81. The van der Waals surface area contributed by atoms with Gasteiger partial charge in [-0.3, -0.25) is 4.68 Å². The van der Waals surface area contributed by atoms with Crippen LogP contribution in [0.2, 0.25) is 0 Å². The minimum atomic E-state index is -1.47. The Morgan fingerprint density at radius 3 is 2.53 bits per heavy atom. The number of aliphatic hydroxyl groups excluding tert-OH is 1. The Bertz CT molecular complexity index is 542. The van der Waals surface area contributed by atoms with E-state index in [9.17, 15) is 13.9 Å². The van der Waals surface area contributed by atoms with Gasteiger partial charge in [-0.05, 0) is 19.1 Å².